The van der Waals surface area contributed by atoms with E-state index in [1.165, 1.54) is 27.4 Å². The summed E-state index contributed by atoms with van der Waals surface area (Å²) in [6, 6.07) is 16.0. The number of hydrogen-bond acceptors (Lipinski definition) is 13. The molecule has 1 N–H and O–H groups in total. The Balaban J connectivity index is 1.04. The number of morpholine rings is 1. The second-order valence-electron chi connectivity index (χ2n) is 11.3. The van der Waals surface area contributed by atoms with E-state index in [1.54, 1.807) is 24.3 Å². The van der Waals surface area contributed by atoms with Gasteiger partial charge in [-0.1, -0.05) is 41.3 Å². The number of nitrogens with one attached hydrogen (secondary N) is 1. The summed E-state index contributed by atoms with van der Waals surface area (Å²) < 4.78 is 59.1. The molecule has 254 valence electrons. The number of sulfonamides is 1. The van der Waals surface area contributed by atoms with Gasteiger partial charge in [-0.25, -0.2) is 13.4 Å². The number of rotatable bonds is 9. The number of aromatic nitrogens is 4. The number of amides is 1. The quantitative estimate of drug-likeness (QED) is 0.216. The highest BCUT2D eigenvalue weighted by molar-refractivity contribution is 7.99. The maximum atomic E-state index is 13.5. The molecule has 49 heavy (non-hydrogen) atoms. The van der Waals surface area contributed by atoms with Crippen LogP contribution in [0.3, 0.4) is 0 Å². The van der Waals surface area contributed by atoms with Gasteiger partial charge < -0.3 is 29.0 Å². The number of benzene rings is 3. The topological polar surface area (TPSA) is 156 Å². The van der Waals surface area contributed by atoms with Crippen LogP contribution in [-0.2, 0) is 26.1 Å². The molecule has 0 radical (unpaired) electrons. The molecule has 0 bridgehead atoms. The van der Waals surface area contributed by atoms with Crippen molar-refractivity contribution in [3.63, 3.8) is 0 Å². The molecule has 0 aliphatic carbocycles. The highest BCUT2D eigenvalue weighted by Crippen LogP contribution is 2.38. The van der Waals surface area contributed by atoms with E-state index in [2.05, 4.69) is 20.5 Å². The average Bonchev–Trinajstić information content (AvgIpc) is 3.81. The van der Waals surface area contributed by atoms with E-state index in [0.717, 1.165) is 16.7 Å². The first kappa shape index (κ1) is 31.8. The van der Waals surface area contributed by atoms with Gasteiger partial charge >= 0.3 is 0 Å². The molecule has 2 aromatic heterocycles. The zero-order chi connectivity index (χ0) is 33.4. The lowest BCUT2D eigenvalue weighted by Crippen LogP contribution is -2.40. The van der Waals surface area contributed by atoms with Crippen molar-refractivity contribution in [2.45, 2.75) is 23.0 Å². The van der Waals surface area contributed by atoms with Crippen LogP contribution < -0.4 is 24.3 Å². The molecule has 3 aromatic carbocycles. The average molecular weight is 723 g/mol. The van der Waals surface area contributed by atoms with E-state index in [9.17, 15) is 13.2 Å². The highest BCUT2D eigenvalue weighted by Gasteiger charge is 2.27. The highest BCUT2D eigenvalue weighted by atomic mass is 32.2. The molecule has 5 aromatic rings. The second kappa shape index (κ2) is 13.5. The van der Waals surface area contributed by atoms with Gasteiger partial charge in [-0.2, -0.15) is 4.31 Å². The van der Waals surface area contributed by atoms with E-state index in [0.29, 0.717) is 83.2 Å². The minimum Gasteiger partial charge on any atom is -0.490 e. The summed E-state index contributed by atoms with van der Waals surface area (Å²) in [5.74, 6) is 2.82. The van der Waals surface area contributed by atoms with Gasteiger partial charge in [0, 0.05) is 37.2 Å². The lowest BCUT2D eigenvalue weighted by molar-refractivity contribution is -0.113. The minimum absolute atomic E-state index is 0.0311. The van der Waals surface area contributed by atoms with Crippen LogP contribution in [0.25, 0.3) is 21.6 Å². The lowest BCUT2D eigenvalue weighted by atomic mass is 10.2. The number of ether oxygens (including phenoxy) is 5. The van der Waals surface area contributed by atoms with Crippen LogP contribution in [0.2, 0.25) is 0 Å². The molecule has 8 rings (SSSR count). The molecule has 0 spiro atoms. The number of fused-ring (bicyclic) bond motifs is 3. The molecule has 17 heteroatoms. The maximum absolute atomic E-state index is 13.5. The minimum atomic E-state index is -3.74. The predicted octanol–water partition coefficient (Wildman–Crippen LogP) is 4.24. The number of thiazole rings is 1. The summed E-state index contributed by atoms with van der Waals surface area (Å²) in [4.78, 5) is 17.9. The third kappa shape index (κ3) is 6.63. The van der Waals surface area contributed by atoms with Crippen molar-refractivity contribution in [2.75, 3.05) is 57.4 Å². The lowest BCUT2D eigenvalue weighted by Gasteiger charge is -2.26. The summed E-state index contributed by atoms with van der Waals surface area (Å²) in [6.45, 7) is 2.91. The first-order valence-corrected chi connectivity index (χ1v) is 18.8. The first-order valence-electron chi connectivity index (χ1n) is 15.5. The van der Waals surface area contributed by atoms with Crippen molar-refractivity contribution < 1.29 is 36.9 Å². The van der Waals surface area contributed by atoms with Gasteiger partial charge in [0.05, 0.1) is 53.8 Å². The zero-order valence-electron chi connectivity index (χ0n) is 26.0. The number of anilines is 1. The summed E-state index contributed by atoms with van der Waals surface area (Å²) in [6.07, 6.45) is 0.809. The zero-order valence-corrected chi connectivity index (χ0v) is 28.4. The SMILES string of the molecule is O=C(CSc1nnc(-c2cccc(S(=O)(=O)N3CCOCC3)c2)n1Cc1ccc2c(c1)OCO2)Nc1nc2cc3c(cc2s1)OCCCO3. The fraction of sp³-hybridized carbons (Fsp3) is 0.312. The number of hydrogen-bond donors (Lipinski definition) is 1. The molecule has 1 fully saturated rings. The van der Waals surface area contributed by atoms with E-state index >= 15 is 0 Å². The molecule has 3 aliphatic rings. The Morgan fingerprint density at radius 1 is 0.898 bits per heavy atom. The Bertz CT molecular complexity index is 2100. The van der Waals surface area contributed by atoms with Gasteiger partial charge in [-0.05, 0) is 29.8 Å². The van der Waals surface area contributed by atoms with Crippen molar-refractivity contribution >= 4 is 54.4 Å². The number of carbonyl (C=O) groups is 1. The largest absolute Gasteiger partial charge is 0.490 e. The first-order chi connectivity index (χ1) is 23.9. The van der Waals surface area contributed by atoms with Gasteiger partial charge in [-0.15, -0.1) is 10.2 Å². The van der Waals surface area contributed by atoms with Crippen molar-refractivity contribution in [3.05, 3.63) is 60.2 Å². The smallest absolute Gasteiger partial charge is 0.243 e. The Morgan fingerprint density at radius 2 is 1.69 bits per heavy atom. The molecule has 3 aliphatic heterocycles. The molecule has 0 saturated carbocycles. The fourth-order valence-corrected chi connectivity index (χ4v) is 8.71. The summed E-state index contributed by atoms with van der Waals surface area (Å²) in [5.41, 5.74) is 2.16. The van der Waals surface area contributed by atoms with Crippen LogP contribution in [0.5, 0.6) is 23.0 Å². The summed E-state index contributed by atoms with van der Waals surface area (Å²) in [5, 5.41) is 12.7. The van der Waals surface area contributed by atoms with Crippen LogP contribution in [-0.4, -0.2) is 90.4 Å². The van der Waals surface area contributed by atoms with E-state index in [1.807, 2.05) is 34.9 Å². The normalized spacial score (nSPS) is 16.1. The van der Waals surface area contributed by atoms with Crippen LogP contribution in [0.1, 0.15) is 12.0 Å². The Hall–Kier alpha value is -4.42. The van der Waals surface area contributed by atoms with Crippen LogP contribution >= 0.6 is 23.1 Å². The van der Waals surface area contributed by atoms with E-state index < -0.39 is 10.0 Å². The van der Waals surface area contributed by atoms with E-state index in [4.69, 9.17) is 23.7 Å². The van der Waals surface area contributed by atoms with Crippen LogP contribution in [0.4, 0.5) is 5.13 Å². The number of thioether (sulfide) groups is 1. The molecule has 14 nitrogen and oxygen atoms in total. The van der Waals surface area contributed by atoms with Crippen molar-refractivity contribution in [2.24, 2.45) is 0 Å². The summed E-state index contributed by atoms with van der Waals surface area (Å²) >= 11 is 2.57. The molecular weight excluding hydrogens is 693 g/mol. The van der Waals surface area contributed by atoms with Crippen molar-refractivity contribution in [3.8, 4) is 34.4 Å². The molecular formula is C32H30N6O8S3. The van der Waals surface area contributed by atoms with Gasteiger partial charge in [0.25, 0.3) is 0 Å². The Labute approximate surface area is 289 Å². The monoisotopic (exact) mass is 722 g/mol. The van der Waals surface area contributed by atoms with Gasteiger partial charge in [0.1, 0.15) is 0 Å². The molecule has 1 amide bonds. The van der Waals surface area contributed by atoms with Crippen molar-refractivity contribution in [1.29, 1.82) is 0 Å². The molecule has 5 heterocycles. The van der Waals surface area contributed by atoms with Crippen LogP contribution in [0.15, 0.2) is 64.6 Å². The Morgan fingerprint density at radius 3 is 2.55 bits per heavy atom. The standard InChI is InChI=1S/C32H30N6O8S3/c39-29(34-31-33-23-15-26-27(16-28(23)48-31)44-10-2-9-43-26)18-47-32-36-35-30(38(32)17-20-5-6-24-25(13-20)46-19-45-24)21-3-1-4-22(14-21)49(40,41)37-7-11-42-12-8-37/h1,3-6,13-16H,2,7-12,17-19H2,(H,33,34,39). The van der Waals surface area contributed by atoms with Crippen LogP contribution in [0, 0.1) is 0 Å². The van der Waals surface area contributed by atoms with E-state index in [-0.39, 0.29) is 36.4 Å². The summed E-state index contributed by atoms with van der Waals surface area (Å²) in [7, 11) is -3.74. The predicted molar refractivity (Wildman–Crippen MR) is 181 cm³/mol. The Kier molecular flexibility index (Phi) is 8.75. The number of nitrogens with zero attached hydrogens (tertiary/aromatic N) is 5. The second-order valence-corrected chi connectivity index (χ2v) is 15.2. The third-order valence-electron chi connectivity index (χ3n) is 8.03. The molecule has 0 atom stereocenters. The van der Waals surface area contributed by atoms with Gasteiger partial charge in [-0.3, -0.25) is 9.36 Å². The fourth-order valence-electron chi connectivity index (χ4n) is 5.63. The van der Waals surface area contributed by atoms with Gasteiger partial charge in [0.2, 0.25) is 22.7 Å². The van der Waals surface area contributed by atoms with Gasteiger partial charge in [0.15, 0.2) is 39.1 Å². The number of carbonyl (C=O) groups excluding carboxylic acids is 1. The molecule has 0 unspecified atom stereocenters. The molecule has 1 saturated heterocycles. The maximum Gasteiger partial charge on any atom is 0.243 e. The third-order valence-corrected chi connectivity index (χ3v) is 11.8. The van der Waals surface area contributed by atoms with Crippen molar-refractivity contribution in [1.82, 2.24) is 24.1 Å².